The predicted molar refractivity (Wildman–Crippen MR) is 80.6 cm³/mol. The van der Waals surface area contributed by atoms with Gasteiger partial charge in [-0.2, -0.15) is 0 Å². The number of ether oxygens (including phenoxy) is 2. The van der Waals surface area contributed by atoms with Crippen LogP contribution < -0.4 is 9.64 Å². The van der Waals surface area contributed by atoms with E-state index in [0.717, 1.165) is 47.6 Å². The molecule has 2 aliphatic heterocycles. The lowest BCUT2D eigenvalue weighted by Crippen LogP contribution is -2.42. The number of carbonyl (C=O) groups excluding carboxylic acids is 1. The monoisotopic (exact) mass is 373 g/mol. The van der Waals surface area contributed by atoms with Crippen LogP contribution in [0.3, 0.4) is 0 Å². The molecule has 1 fully saturated rings. The summed E-state index contributed by atoms with van der Waals surface area (Å²) in [5, 5.41) is 0. The number of fused-ring (bicyclic) bond motifs is 1. The van der Waals surface area contributed by atoms with E-state index in [1.807, 2.05) is 23.1 Å². The molecule has 1 aromatic rings. The molecule has 1 saturated heterocycles. The zero-order valence-electron chi connectivity index (χ0n) is 10.6. The molecule has 0 N–H and O–H groups in total. The van der Waals surface area contributed by atoms with Gasteiger partial charge in [0.05, 0.1) is 5.69 Å². The fourth-order valence-electron chi connectivity index (χ4n) is 2.56. The molecular formula is C14H16INO3. The molecule has 2 aliphatic rings. The molecule has 3 rings (SSSR count). The van der Waals surface area contributed by atoms with Crippen molar-refractivity contribution in [1.82, 2.24) is 0 Å². The minimum Gasteiger partial charge on any atom is -0.482 e. The Morgan fingerprint density at radius 1 is 1.32 bits per heavy atom. The lowest BCUT2D eigenvalue weighted by atomic mass is 9.99. The van der Waals surface area contributed by atoms with Crippen LogP contribution in [0.1, 0.15) is 12.8 Å². The van der Waals surface area contributed by atoms with E-state index in [2.05, 4.69) is 22.6 Å². The molecule has 1 amide bonds. The first-order valence-electron chi connectivity index (χ1n) is 6.54. The average Bonchev–Trinajstić information content (AvgIpc) is 2.43. The first kappa shape index (κ1) is 13.2. The van der Waals surface area contributed by atoms with Crippen molar-refractivity contribution < 1.29 is 14.3 Å². The minimum atomic E-state index is 0.0565. The number of halogens is 1. The summed E-state index contributed by atoms with van der Waals surface area (Å²) in [5.74, 6) is 1.40. The second-order valence-corrected chi connectivity index (χ2v) is 6.21. The molecule has 2 heterocycles. The quantitative estimate of drug-likeness (QED) is 0.748. The van der Waals surface area contributed by atoms with Crippen molar-refractivity contribution >= 4 is 34.2 Å². The largest absolute Gasteiger partial charge is 0.482 e. The third-order valence-corrected chi connectivity index (χ3v) is 4.32. The Bertz CT molecular complexity index is 486. The van der Waals surface area contributed by atoms with Crippen LogP contribution in [0.15, 0.2) is 18.2 Å². The highest BCUT2D eigenvalue weighted by molar-refractivity contribution is 14.1. The molecule has 0 spiro atoms. The SMILES string of the molecule is O=C1COc2ccc(I)cc2N1CC1CCOCC1. The lowest BCUT2D eigenvalue weighted by molar-refractivity contribution is -0.121. The van der Waals surface area contributed by atoms with Crippen LogP contribution in [0.4, 0.5) is 5.69 Å². The molecule has 0 bridgehead atoms. The van der Waals surface area contributed by atoms with Crippen molar-refractivity contribution in [2.45, 2.75) is 12.8 Å². The Morgan fingerprint density at radius 3 is 2.89 bits per heavy atom. The van der Waals surface area contributed by atoms with Crippen LogP contribution in [0.2, 0.25) is 0 Å². The molecule has 1 aromatic carbocycles. The maximum atomic E-state index is 12.1. The molecule has 0 unspecified atom stereocenters. The molecule has 102 valence electrons. The summed E-state index contributed by atoms with van der Waals surface area (Å²) in [5.41, 5.74) is 0.912. The summed E-state index contributed by atoms with van der Waals surface area (Å²) in [6.07, 6.45) is 2.06. The number of nitrogens with zero attached hydrogens (tertiary/aromatic N) is 1. The first-order chi connectivity index (χ1) is 9.24. The summed E-state index contributed by atoms with van der Waals surface area (Å²) in [4.78, 5) is 14.0. The number of carbonyl (C=O) groups is 1. The van der Waals surface area contributed by atoms with E-state index in [0.29, 0.717) is 5.92 Å². The Kier molecular flexibility index (Phi) is 3.93. The van der Waals surface area contributed by atoms with E-state index >= 15 is 0 Å². The van der Waals surface area contributed by atoms with Gasteiger partial charge in [0.15, 0.2) is 6.61 Å². The van der Waals surface area contributed by atoms with Gasteiger partial charge >= 0.3 is 0 Å². The summed E-state index contributed by atoms with van der Waals surface area (Å²) >= 11 is 2.26. The Hall–Kier alpha value is -0.820. The summed E-state index contributed by atoms with van der Waals surface area (Å²) in [6, 6.07) is 5.97. The highest BCUT2D eigenvalue weighted by Gasteiger charge is 2.28. The van der Waals surface area contributed by atoms with Gasteiger partial charge in [0, 0.05) is 23.3 Å². The van der Waals surface area contributed by atoms with Crippen molar-refractivity contribution in [1.29, 1.82) is 0 Å². The number of anilines is 1. The molecule has 19 heavy (non-hydrogen) atoms. The van der Waals surface area contributed by atoms with E-state index in [4.69, 9.17) is 9.47 Å². The van der Waals surface area contributed by atoms with Gasteiger partial charge in [0.2, 0.25) is 0 Å². The zero-order valence-corrected chi connectivity index (χ0v) is 12.8. The van der Waals surface area contributed by atoms with Crippen LogP contribution in [0.25, 0.3) is 0 Å². The first-order valence-corrected chi connectivity index (χ1v) is 7.62. The van der Waals surface area contributed by atoms with E-state index < -0.39 is 0 Å². The molecule has 0 saturated carbocycles. The van der Waals surface area contributed by atoms with Crippen LogP contribution in [0, 0.1) is 9.49 Å². The maximum absolute atomic E-state index is 12.1. The smallest absolute Gasteiger partial charge is 0.265 e. The molecule has 0 atom stereocenters. The van der Waals surface area contributed by atoms with Gasteiger partial charge in [-0.3, -0.25) is 4.79 Å². The van der Waals surface area contributed by atoms with Crippen molar-refractivity contribution in [3.63, 3.8) is 0 Å². The van der Waals surface area contributed by atoms with Crippen molar-refractivity contribution in [3.05, 3.63) is 21.8 Å². The Labute approximate surface area is 126 Å². The van der Waals surface area contributed by atoms with Gasteiger partial charge in [-0.25, -0.2) is 0 Å². The molecule has 4 nitrogen and oxygen atoms in total. The summed E-state index contributed by atoms with van der Waals surface area (Å²) in [6.45, 7) is 2.54. The molecule has 0 radical (unpaired) electrons. The third-order valence-electron chi connectivity index (χ3n) is 3.65. The van der Waals surface area contributed by atoms with Gasteiger partial charge < -0.3 is 14.4 Å². The fraction of sp³-hybridized carbons (Fsp3) is 0.500. The van der Waals surface area contributed by atoms with Gasteiger partial charge in [0.1, 0.15) is 5.75 Å². The summed E-state index contributed by atoms with van der Waals surface area (Å²) in [7, 11) is 0. The number of hydrogen-bond acceptors (Lipinski definition) is 3. The summed E-state index contributed by atoms with van der Waals surface area (Å²) < 4.78 is 12.0. The zero-order chi connectivity index (χ0) is 13.2. The predicted octanol–water partition coefficient (Wildman–Crippen LogP) is 2.44. The molecule has 5 heteroatoms. The van der Waals surface area contributed by atoms with Gasteiger partial charge in [-0.15, -0.1) is 0 Å². The number of rotatable bonds is 2. The van der Waals surface area contributed by atoms with Crippen LogP contribution in [-0.4, -0.2) is 32.3 Å². The molecule has 0 aromatic heterocycles. The fourth-order valence-corrected chi connectivity index (χ4v) is 3.04. The Morgan fingerprint density at radius 2 is 2.11 bits per heavy atom. The van der Waals surface area contributed by atoms with Gasteiger partial charge in [0.25, 0.3) is 5.91 Å². The standard InChI is InChI=1S/C14H16INO3/c15-11-1-2-13-12(7-11)16(14(17)9-19-13)8-10-3-5-18-6-4-10/h1-2,7,10H,3-6,8-9H2. The third kappa shape index (κ3) is 2.86. The Balaban J connectivity index is 1.83. The second-order valence-electron chi connectivity index (χ2n) is 4.96. The number of hydrogen-bond donors (Lipinski definition) is 0. The lowest BCUT2D eigenvalue weighted by Gasteiger charge is -2.33. The van der Waals surface area contributed by atoms with E-state index in [-0.39, 0.29) is 12.5 Å². The second kappa shape index (κ2) is 5.66. The maximum Gasteiger partial charge on any atom is 0.265 e. The molecular weight excluding hydrogens is 357 g/mol. The van der Waals surface area contributed by atoms with Crippen LogP contribution >= 0.6 is 22.6 Å². The van der Waals surface area contributed by atoms with Crippen LogP contribution in [0.5, 0.6) is 5.75 Å². The topological polar surface area (TPSA) is 38.8 Å². The normalized spacial score (nSPS) is 20.1. The average molecular weight is 373 g/mol. The molecule has 0 aliphatic carbocycles. The van der Waals surface area contributed by atoms with Gasteiger partial charge in [-0.1, -0.05) is 0 Å². The van der Waals surface area contributed by atoms with E-state index in [9.17, 15) is 4.79 Å². The van der Waals surface area contributed by atoms with Crippen LogP contribution in [-0.2, 0) is 9.53 Å². The van der Waals surface area contributed by atoms with Crippen molar-refractivity contribution in [2.75, 3.05) is 31.3 Å². The number of amides is 1. The van der Waals surface area contributed by atoms with E-state index in [1.165, 1.54) is 0 Å². The number of benzene rings is 1. The highest BCUT2D eigenvalue weighted by Crippen LogP contribution is 2.34. The van der Waals surface area contributed by atoms with E-state index in [1.54, 1.807) is 0 Å². The minimum absolute atomic E-state index is 0.0565. The van der Waals surface area contributed by atoms with Crippen molar-refractivity contribution in [2.24, 2.45) is 5.92 Å². The highest BCUT2D eigenvalue weighted by atomic mass is 127. The van der Waals surface area contributed by atoms with Gasteiger partial charge in [-0.05, 0) is 59.5 Å². The van der Waals surface area contributed by atoms with Crippen molar-refractivity contribution in [3.8, 4) is 5.75 Å².